The largest absolute Gasteiger partial charge is 0.481 e. The van der Waals surface area contributed by atoms with Crippen molar-refractivity contribution in [3.8, 4) is 0 Å². The highest BCUT2D eigenvalue weighted by molar-refractivity contribution is 5.70. The van der Waals surface area contributed by atoms with Gasteiger partial charge in [0.1, 0.15) is 0 Å². The lowest BCUT2D eigenvalue weighted by molar-refractivity contribution is -0.144. The highest BCUT2D eigenvalue weighted by Crippen LogP contribution is 2.27. The highest BCUT2D eigenvalue weighted by Gasteiger charge is 2.25. The number of carboxylic acid groups (broad SMARTS) is 1. The third-order valence-electron chi connectivity index (χ3n) is 3.47. The Bertz CT molecular complexity index is 233. The highest BCUT2D eigenvalue weighted by atomic mass is 16.4. The van der Waals surface area contributed by atoms with Crippen LogP contribution in [-0.4, -0.2) is 11.1 Å². The van der Waals surface area contributed by atoms with Gasteiger partial charge in [-0.1, -0.05) is 45.1 Å². The average Bonchev–Trinajstić information content (AvgIpc) is 2.26. The molecule has 0 aromatic carbocycles. The minimum atomic E-state index is -0.630. The summed E-state index contributed by atoms with van der Waals surface area (Å²) in [5.74, 6) is -0.485. The smallest absolute Gasteiger partial charge is 0.306 e. The molecule has 0 spiro atoms. The summed E-state index contributed by atoms with van der Waals surface area (Å²) in [5, 5.41) is 9.31. The maximum absolute atomic E-state index is 11.3. The Morgan fingerprint density at radius 2 is 1.88 bits per heavy atom. The fourth-order valence-electron chi connectivity index (χ4n) is 2.31. The molecule has 2 nitrogen and oxygen atoms in total. The van der Waals surface area contributed by atoms with Gasteiger partial charge >= 0.3 is 5.97 Å². The van der Waals surface area contributed by atoms with Gasteiger partial charge in [0.25, 0.3) is 0 Å². The van der Waals surface area contributed by atoms with Crippen LogP contribution >= 0.6 is 0 Å². The molecular formula is C15H28O2. The van der Waals surface area contributed by atoms with Crippen LogP contribution in [0.1, 0.15) is 65.7 Å². The summed E-state index contributed by atoms with van der Waals surface area (Å²) in [6, 6.07) is 0. The van der Waals surface area contributed by atoms with Crippen LogP contribution in [0.25, 0.3) is 0 Å². The predicted octanol–water partition coefficient (Wildman–Crippen LogP) is 4.65. The first kappa shape index (κ1) is 16.2. The molecule has 17 heavy (non-hydrogen) atoms. The van der Waals surface area contributed by atoms with Crippen LogP contribution in [0, 0.1) is 11.8 Å². The molecule has 0 aromatic heterocycles. The van der Waals surface area contributed by atoms with Gasteiger partial charge in [0.05, 0.1) is 5.92 Å². The minimum absolute atomic E-state index is 0.187. The molecule has 0 radical (unpaired) electrons. The molecule has 0 aliphatic heterocycles. The quantitative estimate of drug-likeness (QED) is 0.446. The van der Waals surface area contributed by atoms with E-state index >= 15 is 0 Å². The van der Waals surface area contributed by atoms with Crippen LogP contribution in [0.15, 0.2) is 12.2 Å². The molecule has 0 heterocycles. The lowest BCUT2D eigenvalue weighted by atomic mass is 9.82. The molecule has 0 aromatic rings. The fraction of sp³-hybridized carbons (Fsp3) is 0.800. The van der Waals surface area contributed by atoms with Crippen molar-refractivity contribution in [2.75, 3.05) is 0 Å². The van der Waals surface area contributed by atoms with Crippen LogP contribution in [0.3, 0.4) is 0 Å². The number of allylic oxidation sites excluding steroid dienone is 1. The first-order valence-electron chi connectivity index (χ1n) is 6.90. The van der Waals surface area contributed by atoms with Crippen molar-refractivity contribution in [2.45, 2.75) is 65.7 Å². The van der Waals surface area contributed by atoms with E-state index in [-0.39, 0.29) is 5.92 Å². The third-order valence-corrected chi connectivity index (χ3v) is 3.47. The van der Waals surface area contributed by atoms with Crippen molar-refractivity contribution in [3.05, 3.63) is 12.2 Å². The van der Waals surface area contributed by atoms with E-state index < -0.39 is 5.97 Å². The van der Waals surface area contributed by atoms with Gasteiger partial charge in [0.15, 0.2) is 0 Å². The lowest BCUT2D eigenvalue weighted by Gasteiger charge is -2.22. The lowest BCUT2D eigenvalue weighted by Crippen LogP contribution is -2.23. The Hall–Kier alpha value is -0.790. The Kier molecular flexibility index (Phi) is 8.83. The summed E-state index contributed by atoms with van der Waals surface area (Å²) in [6.45, 7) is 10.1. The molecule has 0 saturated carbocycles. The fourth-order valence-corrected chi connectivity index (χ4v) is 2.31. The number of rotatable bonds is 10. The summed E-state index contributed by atoms with van der Waals surface area (Å²) < 4.78 is 0. The standard InChI is InChI=1S/C15H28O2/c1-5-7-8-9-13(6-2)14(15(16)17)11-10-12(3)4/h13-14H,3,5-11H2,1-2,4H3,(H,16,17). The van der Waals surface area contributed by atoms with Gasteiger partial charge in [-0.2, -0.15) is 0 Å². The van der Waals surface area contributed by atoms with Crippen molar-refractivity contribution in [1.29, 1.82) is 0 Å². The molecule has 0 aliphatic rings. The van der Waals surface area contributed by atoms with Gasteiger partial charge in [-0.25, -0.2) is 0 Å². The zero-order valence-electron chi connectivity index (χ0n) is 11.7. The maximum atomic E-state index is 11.3. The van der Waals surface area contributed by atoms with Crippen molar-refractivity contribution in [3.63, 3.8) is 0 Å². The van der Waals surface area contributed by atoms with E-state index in [0.717, 1.165) is 37.7 Å². The second-order valence-electron chi connectivity index (χ2n) is 5.10. The van der Waals surface area contributed by atoms with E-state index in [0.29, 0.717) is 5.92 Å². The van der Waals surface area contributed by atoms with Crippen LogP contribution in [0.4, 0.5) is 0 Å². The van der Waals surface area contributed by atoms with Gasteiger partial charge < -0.3 is 5.11 Å². The summed E-state index contributed by atoms with van der Waals surface area (Å²) in [4.78, 5) is 11.3. The molecule has 100 valence electrons. The number of hydrogen-bond acceptors (Lipinski definition) is 1. The molecular weight excluding hydrogens is 212 g/mol. The second kappa shape index (κ2) is 9.26. The molecule has 0 rings (SSSR count). The van der Waals surface area contributed by atoms with Crippen molar-refractivity contribution in [2.24, 2.45) is 11.8 Å². The number of carboxylic acids is 1. The molecule has 2 heteroatoms. The van der Waals surface area contributed by atoms with Crippen LogP contribution in [0.2, 0.25) is 0 Å². The SMILES string of the molecule is C=C(C)CCC(C(=O)O)C(CC)CCCCC. The predicted molar refractivity (Wildman–Crippen MR) is 73.1 cm³/mol. The molecule has 0 saturated heterocycles. The van der Waals surface area contributed by atoms with Crippen LogP contribution < -0.4 is 0 Å². The Balaban J connectivity index is 4.30. The molecule has 0 amide bonds. The van der Waals surface area contributed by atoms with E-state index in [9.17, 15) is 9.90 Å². The normalized spacial score (nSPS) is 14.3. The Labute approximate surface area is 106 Å². The average molecular weight is 240 g/mol. The second-order valence-corrected chi connectivity index (χ2v) is 5.10. The molecule has 1 N–H and O–H groups in total. The van der Waals surface area contributed by atoms with E-state index in [1.54, 1.807) is 0 Å². The zero-order chi connectivity index (χ0) is 13.3. The van der Waals surface area contributed by atoms with Gasteiger partial charge in [0.2, 0.25) is 0 Å². The Morgan fingerprint density at radius 1 is 1.24 bits per heavy atom. The van der Waals surface area contributed by atoms with Gasteiger partial charge in [-0.05, 0) is 32.1 Å². The van der Waals surface area contributed by atoms with Gasteiger partial charge in [-0.15, -0.1) is 6.58 Å². The number of carbonyl (C=O) groups is 1. The monoisotopic (exact) mass is 240 g/mol. The maximum Gasteiger partial charge on any atom is 0.306 e. The summed E-state index contributed by atoms with van der Waals surface area (Å²) in [6.07, 6.45) is 7.17. The van der Waals surface area contributed by atoms with Crippen LogP contribution in [0.5, 0.6) is 0 Å². The van der Waals surface area contributed by atoms with Gasteiger partial charge in [-0.3, -0.25) is 4.79 Å². The van der Waals surface area contributed by atoms with E-state index in [1.165, 1.54) is 12.8 Å². The topological polar surface area (TPSA) is 37.3 Å². The number of aliphatic carboxylic acids is 1. The Morgan fingerprint density at radius 3 is 2.29 bits per heavy atom. The minimum Gasteiger partial charge on any atom is -0.481 e. The van der Waals surface area contributed by atoms with Crippen molar-refractivity contribution >= 4 is 5.97 Å². The van der Waals surface area contributed by atoms with Crippen LogP contribution in [-0.2, 0) is 4.79 Å². The first-order valence-corrected chi connectivity index (χ1v) is 6.90. The van der Waals surface area contributed by atoms with Gasteiger partial charge in [0, 0.05) is 0 Å². The molecule has 2 atom stereocenters. The summed E-state index contributed by atoms with van der Waals surface area (Å²) in [7, 11) is 0. The zero-order valence-corrected chi connectivity index (χ0v) is 11.7. The van der Waals surface area contributed by atoms with E-state index in [2.05, 4.69) is 20.4 Å². The third kappa shape index (κ3) is 7.19. The summed E-state index contributed by atoms with van der Waals surface area (Å²) >= 11 is 0. The van der Waals surface area contributed by atoms with Crippen molar-refractivity contribution in [1.82, 2.24) is 0 Å². The number of hydrogen-bond donors (Lipinski definition) is 1. The molecule has 0 aliphatic carbocycles. The molecule has 2 unspecified atom stereocenters. The molecule has 0 bridgehead atoms. The van der Waals surface area contributed by atoms with E-state index in [4.69, 9.17) is 0 Å². The van der Waals surface area contributed by atoms with E-state index in [1.807, 2.05) is 6.92 Å². The molecule has 0 fully saturated rings. The first-order chi connectivity index (χ1) is 8.02. The summed E-state index contributed by atoms with van der Waals surface area (Å²) in [5.41, 5.74) is 1.08. The van der Waals surface area contributed by atoms with Crippen molar-refractivity contribution < 1.29 is 9.90 Å². The number of unbranched alkanes of at least 4 members (excludes halogenated alkanes) is 2.